The number of aliphatic carboxylic acids is 1. The van der Waals surface area contributed by atoms with Gasteiger partial charge in [-0.05, 0) is 61.7 Å². The molecule has 0 aliphatic carbocycles. The van der Waals surface area contributed by atoms with Gasteiger partial charge in [0.2, 0.25) is 5.91 Å². The highest BCUT2D eigenvalue weighted by Crippen LogP contribution is 2.41. The summed E-state index contributed by atoms with van der Waals surface area (Å²) >= 11 is 0. The lowest BCUT2D eigenvalue weighted by atomic mass is 9.83. The van der Waals surface area contributed by atoms with Crippen LogP contribution in [0, 0.1) is 5.92 Å². The third kappa shape index (κ3) is 6.72. The maximum Gasteiger partial charge on any atom is 0.308 e. The lowest BCUT2D eigenvalue weighted by molar-refractivity contribution is -0.143. The van der Waals surface area contributed by atoms with Gasteiger partial charge in [-0.1, -0.05) is 38.8 Å². The van der Waals surface area contributed by atoms with Gasteiger partial charge in [0.25, 0.3) is 0 Å². The summed E-state index contributed by atoms with van der Waals surface area (Å²) in [5, 5.41) is 13.9. The zero-order valence-corrected chi connectivity index (χ0v) is 22.8. The molecule has 0 unspecified atom stereocenters. The van der Waals surface area contributed by atoms with E-state index in [-0.39, 0.29) is 24.4 Å². The lowest BCUT2D eigenvalue weighted by Gasteiger charge is -2.29. The second-order valence-electron chi connectivity index (χ2n) is 10.4. The van der Waals surface area contributed by atoms with E-state index in [0.717, 1.165) is 67.8 Å². The number of ether oxygens (including phenoxy) is 1. The number of nitrogens with one attached hydrogen (secondary N) is 1. The van der Waals surface area contributed by atoms with Crippen molar-refractivity contribution in [2.75, 3.05) is 44.2 Å². The molecule has 0 radical (unpaired) electrons. The first-order valence-corrected chi connectivity index (χ1v) is 14.2. The number of anilines is 1. The average molecular weight is 523 g/mol. The van der Waals surface area contributed by atoms with E-state index in [0.29, 0.717) is 26.1 Å². The predicted octanol–water partition coefficient (Wildman–Crippen LogP) is 4.10. The fraction of sp³-hybridized carbons (Fsp3) is 0.567. The molecule has 1 fully saturated rings. The van der Waals surface area contributed by atoms with Gasteiger partial charge in [0, 0.05) is 37.7 Å². The number of pyridine rings is 1. The van der Waals surface area contributed by atoms with E-state index < -0.39 is 11.9 Å². The third-order valence-corrected chi connectivity index (χ3v) is 7.83. The number of fused-ring (bicyclic) bond motifs is 1. The molecule has 4 rings (SSSR count). The van der Waals surface area contributed by atoms with Crippen molar-refractivity contribution in [1.82, 2.24) is 15.2 Å². The van der Waals surface area contributed by atoms with Crippen LogP contribution >= 0.6 is 0 Å². The number of hydrogen-bond acceptors (Lipinski definition) is 6. The number of carboxylic acid groups (broad SMARTS) is 1. The Morgan fingerprint density at radius 1 is 1.18 bits per heavy atom. The smallest absolute Gasteiger partial charge is 0.308 e. The second-order valence-corrected chi connectivity index (χ2v) is 10.4. The van der Waals surface area contributed by atoms with Crippen molar-refractivity contribution in [3.63, 3.8) is 0 Å². The summed E-state index contributed by atoms with van der Waals surface area (Å²) < 4.78 is 5.68. The summed E-state index contributed by atoms with van der Waals surface area (Å²) in [6, 6.07) is 9.62. The van der Waals surface area contributed by atoms with Gasteiger partial charge in [-0.25, -0.2) is 0 Å². The Labute approximate surface area is 226 Å². The predicted molar refractivity (Wildman–Crippen MR) is 149 cm³/mol. The molecule has 8 nitrogen and oxygen atoms in total. The molecule has 206 valence electrons. The van der Waals surface area contributed by atoms with Gasteiger partial charge >= 0.3 is 5.97 Å². The highest BCUT2D eigenvalue weighted by atomic mass is 16.5. The first kappa shape index (κ1) is 28.0. The Bertz CT molecular complexity index is 1060. The lowest BCUT2D eigenvalue weighted by Crippen LogP contribution is -2.45. The summed E-state index contributed by atoms with van der Waals surface area (Å²) in [7, 11) is 0. The number of carboxylic acids is 1. The molecule has 1 amide bonds. The molecule has 2 N–H and O–H groups in total. The molecule has 8 heteroatoms. The number of hydrogen-bond donors (Lipinski definition) is 2. The molecule has 2 aliphatic rings. The number of carbonyl (C=O) groups is 2. The number of likely N-dealkylation sites (tertiary alicyclic amines) is 1. The van der Waals surface area contributed by atoms with Crippen LogP contribution in [-0.4, -0.2) is 72.2 Å². The van der Waals surface area contributed by atoms with E-state index in [1.165, 1.54) is 0 Å². The van der Waals surface area contributed by atoms with Crippen molar-refractivity contribution in [3.8, 4) is 5.75 Å². The van der Waals surface area contributed by atoms with Crippen molar-refractivity contribution in [3.05, 3.63) is 53.9 Å². The summed E-state index contributed by atoms with van der Waals surface area (Å²) in [5.74, 6) is -0.684. The summed E-state index contributed by atoms with van der Waals surface area (Å²) in [5.41, 5.74) is 2.95. The monoisotopic (exact) mass is 522 g/mol. The van der Waals surface area contributed by atoms with Gasteiger partial charge in [0.05, 0.1) is 31.0 Å². The first-order valence-electron chi connectivity index (χ1n) is 14.2. The third-order valence-electron chi connectivity index (χ3n) is 7.83. The molecule has 38 heavy (non-hydrogen) atoms. The largest absolute Gasteiger partial charge is 0.493 e. The van der Waals surface area contributed by atoms with E-state index in [1.807, 2.05) is 29.2 Å². The fourth-order valence-electron chi connectivity index (χ4n) is 5.79. The molecule has 3 heterocycles. The standard InChI is InChI=1S/C30H42N4O4/c1-3-5-13-31-15-11-26-29(30(36)37)25(22-9-10-27-23(18-22)12-17-38-27)20-33(26)21-28(35)34(16-6-4-2)24-8-7-14-32-19-24/h7-10,14,18-19,25-26,29,31H,3-6,11-13,15-17,20-21H2,1-2H3,(H,36,37)/t25-,26+,29-/m1/s1. The number of unbranched alkanes of at least 4 members (excludes halogenated alkanes) is 2. The molecular formula is C30H42N4O4. The number of benzene rings is 1. The summed E-state index contributed by atoms with van der Waals surface area (Å²) in [4.78, 5) is 34.6. The Kier molecular flexibility index (Phi) is 10.1. The fourth-order valence-corrected chi connectivity index (χ4v) is 5.79. The number of nitrogens with zero attached hydrogens (tertiary/aromatic N) is 3. The van der Waals surface area contributed by atoms with Crippen LogP contribution in [0.3, 0.4) is 0 Å². The molecule has 1 saturated heterocycles. The minimum absolute atomic E-state index is 0.0115. The minimum atomic E-state index is -0.796. The topological polar surface area (TPSA) is 95.0 Å². The van der Waals surface area contributed by atoms with E-state index in [1.54, 1.807) is 12.4 Å². The number of carbonyl (C=O) groups excluding carboxylic acids is 1. The SMILES string of the molecule is CCCCNCC[C@H]1[C@H](C(=O)O)[C@@H](c2ccc3c(c2)CCO3)CN1CC(=O)N(CCCC)c1cccnc1. The van der Waals surface area contributed by atoms with Gasteiger partial charge in [0.15, 0.2) is 0 Å². The minimum Gasteiger partial charge on any atom is -0.493 e. The Morgan fingerprint density at radius 2 is 2.03 bits per heavy atom. The van der Waals surface area contributed by atoms with Crippen molar-refractivity contribution in [1.29, 1.82) is 0 Å². The van der Waals surface area contributed by atoms with Crippen molar-refractivity contribution in [2.45, 2.75) is 64.3 Å². The van der Waals surface area contributed by atoms with Gasteiger partial charge in [-0.2, -0.15) is 0 Å². The Balaban J connectivity index is 1.58. The number of rotatable bonds is 14. The number of aromatic nitrogens is 1. The number of amides is 1. The van der Waals surface area contributed by atoms with Crippen LogP contribution in [0.2, 0.25) is 0 Å². The maximum atomic E-state index is 13.7. The normalized spacial score (nSPS) is 20.7. The van der Waals surface area contributed by atoms with Gasteiger partial charge in [-0.15, -0.1) is 0 Å². The molecule has 2 aromatic rings. The molecule has 0 saturated carbocycles. The summed E-state index contributed by atoms with van der Waals surface area (Å²) in [6.45, 7) is 7.92. The highest BCUT2D eigenvalue weighted by molar-refractivity contribution is 5.94. The van der Waals surface area contributed by atoms with Gasteiger partial charge in [0.1, 0.15) is 5.75 Å². The van der Waals surface area contributed by atoms with Crippen LogP contribution in [-0.2, 0) is 16.0 Å². The van der Waals surface area contributed by atoms with E-state index >= 15 is 0 Å². The van der Waals surface area contributed by atoms with Crippen LogP contribution in [0.25, 0.3) is 0 Å². The zero-order valence-electron chi connectivity index (χ0n) is 22.8. The first-order chi connectivity index (χ1) is 18.5. The van der Waals surface area contributed by atoms with Crippen molar-refractivity contribution >= 4 is 17.6 Å². The quantitative estimate of drug-likeness (QED) is 0.361. The van der Waals surface area contributed by atoms with E-state index in [9.17, 15) is 14.7 Å². The molecular weight excluding hydrogens is 480 g/mol. The molecule has 2 aliphatic heterocycles. The Morgan fingerprint density at radius 3 is 2.76 bits per heavy atom. The molecule has 0 spiro atoms. The van der Waals surface area contributed by atoms with Crippen LogP contribution in [0.1, 0.15) is 63.0 Å². The molecule has 3 atom stereocenters. The van der Waals surface area contributed by atoms with Crippen LogP contribution < -0.4 is 15.0 Å². The zero-order chi connectivity index (χ0) is 26.9. The molecule has 0 bridgehead atoms. The van der Waals surface area contributed by atoms with E-state index in [4.69, 9.17) is 4.74 Å². The van der Waals surface area contributed by atoms with Gasteiger partial charge < -0.3 is 20.1 Å². The van der Waals surface area contributed by atoms with Crippen LogP contribution in [0.5, 0.6) is 5.75 Å². The average Bonchev–Trinajstić information content (AvgIpc) is 3.53. The van der Waals surface area contributed by atoms with Crippen LogP contribution in [0.4, 0.5) is 5.69 Å². The van der Waals surface area contributed by atoms with Crippen molar-refractivity contribution in [2.24, 2.45) is 5.92 Å². The van der Waals surface area contributed by atoms with Crippen molar-refractivity contribution < 1.29 is 19.4 Å². The Hall–Kier alpha value is -2.97. The van der Waals surface area contributed by atoms with Gasteiger partial charge in [-0.3, -0.25) is 19.5 Å². The maximum absolute atomic E-state index is 13.7. The highest BCUT2D eigenvalue weighted by Gasteiger charge is 2.47. The van der Waals surface area contributed by atoms with E-state index in [2.05, 4.69) is 35.1 Å². The second kappa shape index (κ2) is 13.7. The van der Waals surface area contributed by atoms with Crippen LogP contribution in [0.15, 0.2) is 42.7 Å². The summed E-state index contributed by atoms with van der Waals surface area (Å²) in [6.07, 6.45) is 9.03. The molecule has 1 aromatic carbocycles. The molecule has 1 aromatic heterocycles.